The van der Waals surface area contributed by atoms with Gasteiger partial charge in [-0.2, -0.15) is 0 Å². The van der Waals surface area contributed by atoms with Gasteiger partial charge in [0.2, 0.25) is 0 Å². The van der Waals surface area contributed by atoms with Crippen molar-refractivity contribution in [3.63, 3.8) is 0 Å². The molecule has 1 rings (SSSR count). The van der Waals surface area contributed by atoms with Crippen LogP contribution in [0.3, 0.4) is 0 Å². The molecule has 82 valence electrons. The zero-order chi connectivity index (χ0) is 11.1. The molecule has 0 aliphatic carbocycles. The maximum atomic E-state index is 11.7. The van der Waals surface area contributed by atoms with Crippen LogP contribution in [0.4, 0.5) is 0 Å². The van der Waals surface area contributed by atoms with Crippen LogP contribution < -0.4 is 0 Å². The van der Waals surface area contributed by atoms with Crippen LogP contribution in [0.1, 0.15) is 41.5 Å². The first-order valence-electron chi connectivity index (χ1n) is 5.08. The number of rotatable bonds is 0. The van der Waals surface area contributed by atoms with Gasteiger partial charge in [0.05, 0.1) is 0 Å². The molecule has 0 radical (unpaired) electrons. The number of ether oxygens (including phenoxy) is 1. The molecule has 14 heavy (non-hydrogen) atoms. The minimum Gasteiger partial charge on any atom is -0.348 e. The largest absolute Gasteiger partial charge is 0.348 e. The van der Waals surface area contributed by atoms with Crippen molar-refractivity contribution in [1.29, 1.82) is 0 Å². The molecular formula is C11H21NO2. The van der Waals surface area contributed by atoms with Crippen molar-refractivity contribution >= 4 is 5.91 Å². The van der Waals surface area contributed by atoms with Gasteiger partial charge in [0.25, 0.3) is 5.91 Å². The van der Waals surface area contributed by atoms with Crippen molar-refractivity contribution in [2.45, 2.75) is 53.3 Å². The Bertz CT molecular complexity index is 235. The fourth-order valence-corrected chi connectivity index (χ4v) is 1.79. The van der Waals surface area contributed by atoms with Crippen molar-refractivity contribution in [3.05, 3.63) is 0 Å². The van der Waals surface area contributed by atoms with E-state index in [1.807, 2.05) is 25.7 Å². The molecule has 1 aliphatic rings. The molecule has 1 amide bonds. The van der Waals surface area contributed by atoms with Crippen LogP contribution >= 0.6 is 0 Å². The van der Waals surface area contributed by atoms with Gasteiger partial charge in [-0.05, 0) is 20.8 Å². The summed E-state index contributed by atoms with van der Waals surface area (Å²) in [6.07, 6.45) is -0.102. The summed E-state index contributed by atoms with van der Waals surface area (Å²) in [4.78, 5) is 13.5. The highest BCUT2D eigenvalue weighted by Crippen LogP contribution is 2.34. The van der Waals surface area contributed by atoms with Crippen molar-refractivity contribution < 1.29 is 9.53 Å². The molecule has 1 unspecified atom stereocenters. The zero-order valence-electron chi connectivity index (χ0n) is 10.0. The quantitative estimate of drug-likeness (QED) is 0.597. The molecule has 0 N–H and O–H groups in total. The number of nitrogens with zero attached hydrogens (tertiary/aromatic N) is 1. The van der Waals surface area contributed by atoms with Crippen molar-refractivity contribution in [1.82, 2.24) is 4.90 Å². The van der Waals surface area contributed by atoms with E-state index in [1.54, 1.807) is 0 Å². The predicted octanol–water partition coefficient (Wildman–Crippen LogP) is 2.02. The summed E-state index contributed by atoms with van der Waals surface area (Å²) in [7, 11) is 0. The standard InChI is InChI=1S/C11H21NO2/c1-10(2,3)9-12(11(4,5)6)8(13)7-14-9/h9H,7H2,1-6H3. The topological polar surface area (TPSA) is 29.5 Å². The van der Waals surface area contributed by atoms with E-state index in [1.165, 1.54) is 0 Å². The van der Waals surface area contributed by atoms with Crippen LogP contribution in [0.5, 0.6) is 0 Å². The molecule has 1 atom stereocenters. The van der Waals surface area contributed by atoms with Crippen LogP contribution in [0.25, 0.3) is 0 Å². The maximum Gasteiger partial charge on any atom is 0.251 e. The lowest BCUT2D eigenvalue weighted by Gasteiger charge is -2.41. The molecule has 0 spiro atoms. The van der Waals surface area contributed by atoms with E-state index in [2.05, 4.69) is 20.8 Å². The van der Waals surface area contributed by atoms with Gasteiger partial charge in [-0.3, -0.25) is 4.79 Å². The molecule has 1 fully saturated rings. The first kappa shape index (κ1) is 11.5. The summed E-state index contributed by atoms with van der Waals surface area (Å²) in [5.41, 5.74) is -0.190. The van der Waals surface area contributed by atoms with E-state index in [4.69, 9.17) is 4.74 Å². The van der Waals surface area contributed by atoms with Crippen molar-refractivity contribution in [3.8, 4) is 0 Å². The number of hydrogen-bond donors (Lipinski definition) is 0. The van der Waals surface area contributed by atoms with E-state index in [0.29, 0.717) is 0 Å². The molecule has 0 aromatic rings. The Balaban J connectivity index is 2.94. The number of carbonyl (C=O) groups is 1. The Hall–Kier alpha value is -0.570. The molecule has 3 nitrogen and oxygen atoms in total. The zero-order valence-corrected chi connectivity index (χ0v) is 10.0. The summed E-state index contributed by atoms with van der Waals surface area (Å²) in [5, 5.41) is 0. The monoisotopic (exact) mass is 199 g/mol. The first-order valence-corrected chi connectivity index (χ1v) is 5.08. The fourth-order valence-electron chi connectivity index (χ4n) is 1.79. The summed E-state index contributed by atoms with van der Waals surface area (Å²) >= 11 is 0. The van der Waals surface area contributed by atoms with E-state index in [-0.39, 0.29) is 29.7 Å². The van der Waals surface area contributed by atoms with Crippen molar-refractivity contribution in [2.75, 3.05) is 6.61 Å². The summed E-state index contributed by atoms with van der Waals surface area (Å²) < 4.78 is 5.55. The number of hydrogen-bond acceptors (Lipinski definition) is 2. The van der Waals surface area contributed by atoms with E-state index >= 15 is 0 Å². The van der Waals surface area contributed by atoms with E-state index in [0.717, 1.165) is 0 Å². The minimum absolute atomic E-state index is 0.0283. The van der Waals surface area contributed by atoms with E-state index in [9.17, 15) is 4.79 Å². The maximum absolute atomic E-state index is 11.7. The lowest BCUT2D eigenvalue weighted by molar-refractivity contribution is -0.137. The fraction of sp³-hybridized carbons (Fsp3) is 0.909. The molecule has 0 aromatic carbocycles. The summed E-state index contributed by atoms with van der Waals surface area (Å²) in [5.74, 6) is 0.0948. The second kappa shape index (κ2) is 3.23. The average molecular weight is 199 g/mol. The molecule has 1 saturated heterocycles. The Morgan fingerprint density at radius 3 is 2.00 bits per heavy atom. The molecule has 1 aliphatic heterocycles. The second-order valence-electron chi connectivity index (χ2n) is 5.96. The first-order chi connectivity index (χ1) is 6.14. The normalized spacial score (nSPS) is 24.6. The van der Waals surface area contributed by atoms with Crippen LogP contribution in [0.15, 0.2) is 0 Å². The van der Waals surface area contributed by atoms with Crippen LogP contribution in [-0.4, -0.2) is 29.2 Å². The highest BCUT2D eigenvalue weighted by atomic mass is 16.5. The Labute approximate surface area is 86.4 Å². The van der Waals surface area contributed by atoms with Crippen LogP contribution in [0, 0.1) is 5.41 Å². The lowest BCUT2D eigenvalue weighted by atomic mass is 9.91. The van der Waals surface area contributed by atoms with Gasteiger partial charge in [-0.15, -0.1) is 0 Å². The molecule has 1 heterocycles. The van der Waals surface area contributed by atoms with Gasteiger partial charge in [-0.1, -0.05) is 20.8 Å². The molecule has 0 saturated carbocycles. The van der Waals surface area contributed by atoms with E-state index < -0.39 is 0 Å². The van der Waals surface area contributed by atoms with Crippen LogP contribution in [-0.2, 0) is 9.53 Å². The van der Waals surface area contributed by atoms with Gasteiger partial charge in [-0.25, -0.2) is 0 Å². The Morgan fingerprint density at radius 2 is 1.71 bits per heavy atom. The Kier molecular flexibility index (Phi) is 2.65. The highest BCUT2D eigenvalue weighted by molar-refractivity contribution is 5.80. The smallest absolute Gasteiger partial charge is 0.251 e. The average Bonchev–Trinajstić information content (AvgIpc) is 2.27. The van der Waals surface area contributed by atoms with Gasteiger partial charge in [0.15, 0.2) is 0 Å². The third-order valence-corrected chi connectivity index (χ3v) is 2.33. The second-order valence-corrected chi connectivity index (χ2v) is 5.96. The van der Waals surface area contributed by atoms with Gasteiger partial charge in [0, 0.05) is 11.0 Å². The summed E-state index contributed by atoms with van der Waals surface area (Å²) in [6, 6.07) is 0. The third kappa shape index (κ3) is 2.08. The highest BCUT2D eigenvalue weighted by Gasteiger charge is 2.44. The SMILES string of the molecule is CC(C)(C)C1OCC(=O)N1C(C)(C)C. The molecular weight excluding hydrogens is 178 g/mol. The minimum atomic E-state index is -0.161. The van der Waals surface area contributed by atoms with Gasteiger partial charge in [0.1, 0.15) is 12.8 Å². The molecule has 0 aromatic heterocycles. The third-order valence-electron chi connectivity index (χ3n) is 2.33. The Morgan fingerprint density at radius 1 is 1.21 bits per heavy atom. The lowest BCUT2D eigenvalue weighted by Crippen LogP contribution is -2.52. The number of amides is 1. The summed E-state index contributed by atoms with van der Waals surface area (Å²) in [6.45, 7) is 12.6. The number of carbonyl (C=O) groups excluding carboxylic acids is 1. The predicted molar refractivity (Wildman–Crippen MR) is 55.8 cm³/mol. The molecule has 0 bridgehead atoms. The van der Waals surface area contributed by atoms with Gasteiger partial charge < -0.3 is 9.64 Å². The molecule has 3 heteroatoms. The van der Waals surface area contributed by atoms with Crippen molar-refractivity contribution in [2.24, 2.45) is 5.41 Å². The van der Waals surface area contributed by atoms with Gasteiger partial charge >= 0.3 is 0 Å². The van der Waals surface area contributed by atoms with Crippen LogP contribution in [0.2, 0.25) is 0 Å².